The molecule has 0 saturated heterocycles. The molecule has 5 heteroatoms. The van der Waals surface area contributed by atoms with E-state index in [9.17, 15) is 0 Å². The Kier molecular flexibility index (Phi) is 6.19. The third-order valence-electron chi connectivity index (χ3n) is 4.73. The van der Waals surface area contributed by atoms with Crippen molar-refractivity contribution in [3.8, 4) is 0 Å². The summed E-state index contributed by atoms with van der Waals surface area (Å²) in [4.78, 5) is 9.40. The van der Waals surface area contributed by atoms with Gasteiger partial charge >= 0.3 is 0 Å². The minimum absolute atomic E-state index is 0.732. The van der Waals surface area contributed by atoms with Crippen molar-refractivity contribution in [2.45, 2.75) is 39.3 Å². The maximum Gasteiger partial charge on any atom is 0.145 e. The van der Waals surface area contributed by atoms with E-state index < -0.39 is 16.1 Å². The van der Waals surface area contributed by atoms with Crippen LogP contribution in [0.1, 0.15) is 11.5 Å². The number of hydrogen-bond donors (Lipinski definition) is 0. The molecule has 0 radical (unpaired) electrons. The lowest BCUT2D eigenvalue weighted by atomic mass is 10.3. The van der Waals surface area contributed by atoms with Gasteiger partial charge in [-0.2, -0.15) is 0 Å². The van der Waals surface area contributed by atoms with Crippen LogP contribution in [0.25, 0.3) is 0 Å². The first kappa shape index (κ1) is 21.2. The van der Waals surface area contributed by atoms with Crippen LogP contribution in [-0.4, -0.2) is 28.6 Å². The van der Waals surface area contributed by atoms with Gasteiger partial charge in [0.25, 0.3) is 0 Å². The normalized spacial score (nSPS) is 12.9. The van der Waals surface area contributed by atoms with E-state index in [0.29, 0.717) is 0 Å². The van der Waals surface area contributed by atoms with Crippen LogP contribution in [0.4, 0.5) is 11.4 Å². The standard InChI is InChI=1S/C24H30N2OSi2/c1-28(2,3)23-13-9-7-11-21(23)25-17-19-15-16-20(27-19)18-26-22-12-8-10-14-24(22)29(4,5)6/h7-18H,1-6H3. The molecule has 0 aliphatic carbocycles. The zero-order valence-corrected chi connectivity index (χ0v) is 20.2. The molecule has 0 spiro atoms. The molecule has 0 atom stereocenters. The van der Waals surface area contributed by atoms with Gasteiger partial charge < -0.3 is 4.42 Å². The average molecular weight is 419 g/mol. The summed E-state index contributed by atoms with van der Waals surface area (Å²) in [7, 11) is -2.89. The van der Waals surface area contributed by atoms with E-state index in [2.05, 4.69) is 75.7 Å². The Morgan fingerprint density at radius 1 is 0.586 bits per heavy atom. The second-order valence-corrected chi connectivity index (χ2v) is 19.4. The van der Waals surface area contributed by atoms with Crippen molar-refractivity contribution in [1.29, 1.82) is 0 Å². The van der Waals surface area contributed by atoms with E-state index in [1.165, 1.54) is 10.4 Å². The molecule has 3 nitrogen and oxygen atoms in total. The van der Waals surface area contributed by atoms with Gasteiger partial charge in [-0.15, -0.1) is 0 Å². The number of aliphatic imine (C=N–C) groups is 2. The molecule has 0 saturated carbocycles. The molecule has 150 valence electrons. The van der Waals surface area contributed by atoms with Gasteiger partial charge in [0.1, 0.15) is 11.5 Å². The smallest absolute Gasteiger partial charge is 0.145 e. The lowest BCUT2D eigenvalue weighted by Gasteiger charge is -2.18. The predicted molar refractivity (Wildman–Crippen MR) is 132 cm³/mol. The summed E-state index contributed by atoms with van der Waals surface area (Å²) < 4.78 is 5.90. The quantitative estimate of drug-likeness (QED) is 0.364. The van der Waals surface area contributed by atoms with Crippen LogP contribution in [0.5, 0.6) is 0 Å². The van der Waals surface area contributed by atoms with E-state index in [0.717, 1.165) is 22.9 Å². The van der Waals surface area contributed by atoms with Gasteiger partial charge in [0, 0.05) is 0 Å². The topological polar surface area (TPSA) is 37.9 Å². The van der Waals surface area contributed by atoms with Crippen LogP contribution in [0, 0.1) is 0 Å². The summed E-state index contributed by atoms with van der Waals surface area (Å²) in [6.07, 6.45) is 3.60. The Morgan fingerprint density at radius 2 is 0.966 bits per heavy atom. The van der Waals surface area contributed by atoms with Gasteiger partial charge in [0.15, 0.2) is 0 Å². The molecule has 0 N–H and O–H groups in total. The molecule has 0 unspecified atom stereocenters. The van der Waals surface area contributed by atoms with Crippen LogP contribution >= 0.6 is 0 Å². The lowest BCUT2D eigenvalue weighted by molar-refractivity contribution is 0.553. The molecule has 2 aromatic carbocycles. The Labute approximate surface area is 176 Å². The monoisotopic (exact) mass is 418 g/mol. The molecule has 1 heterocycles. The first-order valence-electron chi connectivity index (χ1n) is 10.0. The Morgan fingerprint density at radius 3 is 1.34 bits per heavy atom. The summed E-state index contributed by atoms with van der Waals surface area (Å²) in [5.41, 5.74) is 2.06. The minimum atomic E-state index is -1.44. The maximum absolute atomic E-state index is 5.90. The number of rotatable bonds is 6. The minimum Gasteiger partial charge on any atom is -0.454 e. The van der Waals surface area contributed by atoms with Gasteiger partial charge in [-0.1, -0.05) is 75.7 Å². The van der Waals surface area contributed by atoms with Crippen molar-refractivity contribution in [3.63, 3.8) is 0 Å². The lowest BCUT2D eigenvalue weighted by Crippen LogP contribution is -2.37. The summed E-state index contributed by atoms with van der Waals surface area (Å²) in [6, 6.07) is 20.6. The molecular formula is C24H30N2OSi2. The first-order valence-corrected chi connectivity index (χ1v) is 17.0. The fourth-order valence-corrected chi connectivity index (χ4v) is 6.24. The van der Waals surface area contributed by atoms with Crippen molar-refractivity contribution in [1.82, 2.24) is 0 Å². The fourth-order valence-electron chi connectivity index (χ4n) is 3.21. The van der Waals surface area contributed by atoms with Gasteiger partial charge in [0.05, 0.1) is 40.0 Å². The van der Waals surface area contributed by atoms with E-state index in [-0.39, 0.29) is 0 Å². The second-order valence-electron chi connectivity index (χ2n) is 9.29. The van der Waals surface area contributed by atoms with Gasteiger partial charge in [0.2, 0.25) is 0 Å². The molecule has 3 rings (SSSR count). The Hall–Kier alpha value is -2.51. The van der Waals surface area contributed by atoms with Crippen molar-refractivity contribution in [3.05, 3.63) is 72.2 Å². The highest BCUT2D eigenvalue weighted by atomic mass is 28.3. The van der Waals surface area contributed by atoms with Crippen molar-refractivity contribution < 1.29 is 4.42 Å². The van der Waals surface area contributed by atoms with Crippen LogP contribution in [0.3, 0.4) is 0 Å². The van der Waals surface area contributed by atoms with E-state index in [1.807, 2.05) is 24.3 Å². The number of benzene rings is 2. The summed E-state index contributed by atoms with van der Waals surface area (Å²) >= 11 is 0. The predicted octanol–water partition coefficient (Wildman–Crippen LogP) is 5.87. The molecule has 0 fully saturated rings. The maximum atomic E-state index is 5.90. The Balaban J connectivity index is 1.80. The molecule has 3 aromatic rings. The number of para-hydroxylation sites is 2. The molecule has 0 amide bonds. The highest BCUT2D eigenvalue weighted by Gasteiger charge is 2.20. The second kappa shape index (κ2) is 8.47. The highest BCUT2D eigenvalue weighted by Crippen LogP contribution is 2.17. The van der Waals surface area contributed by atoms with Crippen LogP contribution < -0.4 is 10.4 Å². The number of nitrogens with zero attached hydrogens (tertiary/aromatic N) is 2. The highest BCUT2D eigenvalue weighted by molar-refractivity contribution is 6.90. The summed E-state index contributed by atoms with van der Waals surface area (Å²) in [5, 5.41) is 2.71. The number of furan rings is 1. The van der Waals surface area contributed by atoms with Crippen molar-refractivity contribution >= 4 is 50.3 Å². The van der Waals surface area contributed by atoms with Crippen LogP contribution in [-0.2, 0) is 0 Å². The van der Waals surface area contributed by atoms with E-state index in [4.69, 9.17) is 14.4 Å². The van der Waals surface area contributed by atoms with Gasteiger partial charge in [-0.05, 0) is 34.6 Å². The first-order chi connectivity index (χ1) is 13.6. The molecular weight excluding hydrogens is 388 g/mol. The molecule has 0 aliphatic heterocycles. The van der Waals surface area contributed by atoms with Crippen molar-refractivity contribution in [2.24, 2.45) is 9.98 Å². The third kappa shape index (κ3) is 5.52. The van der Waals surface area contributed by atoms with Gasteiger partial charge in [-0.25, -0.2) is 0 Å². The molecule has 0 bridgehead atoms. The summed E-state index contributed by atoms with van der Waals surface area (Å²) in [6.45, 7) is 14.0. The summed E-state index contributed by atoms with van der Waals surface area (Å²) in [5.74, 6) is 1.46. The van der Waals surface area contributed by atoms with E-state index >= 15 is 0 Å². The zero-order valence-electron chi connectivity index (χ0n) is 18.2. The van der Waals surface area contributed by atoms with E-state index in [1.54, 1.807) is 12.4 Å². The SMILES string of the molecule is C[Si](C)(C)c1ccccc1N=Cc1ccc(C=Nc2ccccc2[Si](C)(C)C)o1. The fraction of sp³-hybridized carbons (Fsp3) is 0.250. The largest absolute Gasteiger partial charge is 0.454 e. The van der Waals surface area contributed by atoms with Crippen molar-refractivity contribution in [2.75, 3.05) is 0 Å². The molecule has 1 aromatic heterocycles. The number of hydrogen-bond acceptors (Lipinski definition) is 3. The average Bonchev–Trinajstić information content (AvgIpc) is 3.11. The molecule has 29 heavy (non-hydrogen) atoms. The third-order valence-corrected chi connectivity index (χ3v) is 8.81. The van der Waals surface area contributed by atoms with Crippen LogP contribution in [0.15, 0.2) is 75.1 Å². The zero-order chi connectivity index (χ0) is 21.1. The Bertz CT molecular complexity index is 955. The van der Waals surface area contributed by atoms with Gasteiger partial charge in [-0.3, -0.25) is 9.98 Å². The van der Waals surface area contributed by atoms with Crippen LogP contribution in [0.2, 0.25) is 39.3 Å². The molecule has 0 aliphatic rings.